The summed E-state index contributed by atoms with van der Waals surface area (Å²) in [4.78, 5) is 36.2. The van der Waals surface area contributed by atoms with Crippen LogP contribution < -0.4 is 5.32 Å². The Kier molecular flexibility index (Phi) is 5.46. The minimum Gasteiger partial charge on any atom is -0.480 e. The van der Waals surface area contributed by atoms with Gasteiger partial charge in [-0.1, -0.05) is 13.8 Å². The van der Waals surface area contributed by atoms with Crippen molar-refractivity contribution >= 4 is 17.8 Å². The summed E-state index contributed by atoms with van der Waals surface area (Å²) in [5.74, 6) is -1.92. The van der Waals surface area contributed by atoms with Crippen LogP contribution in [0.4, 0.5) is 0 Å². The molecule has 0 bridgehead atoms. The molecule has 1 aromatic carbocycles. The summed E-state index contributed by atoms with van der Waals surface area (Å²) in [5.41, 5.74) is 0.785. The first-order chi connectivity index (χ1) is 9.73. The van der Waals surface area contributed by atoms with Crippen molar-refractivity contribution in [1.82, 2.24) is 10.2 Å². The fourth-order valence-electron chi connectivity index (χ4n) is 1.76. The molecule has 1 aromatic rings. The predicted octanol–water partition coefficient (Wildman–Crippen LogP) is 1.23. The van der Waals surface area contributed by atoms with Crippen LogP contribution in [-0.2, 0) is 4.79 Å². The van der Waals surface area contributed by atoms with E-state index in [1.165, 1.54) is 17.0 Å². The molecule has 1 atom stereocenters. The number of benzene rings is 1. The second-order valence-electron chi connectivity index (χ2n) is 5.31. The number of carboxylic acids is 1. The SMILES string of the molecule is CC(C)[C@H](NC(=O)c1ccc(C(=O)N(C)C)cc1)C(=O)O. The Morgan fingerprint density at radius 1 is 1.05 bits per heavy atom. The number of carbonyl (C=O) groups excluding carboxylic acids is 2. The zero-order valence-corrected chi connectivity index (χ0v) is 12.6. The summed E-state index contributed by atoms with van der Waals surface area (Å²) < 4.78 is 0. The van der Waals surface area contributed by atoms with Crippen molar-refractivity contribution in [1.29, 1.82) is 0 Å². The third-order valence-corrected chi connectivity index (χ3v) is 3.02. The summed E-state index contributed by atoms with van der Waals surface area (Å²) >= 11 is 0. The predicted molar refractivity (Wildman–Crippen MR) is 78.2 cm³/mol. The van der Waals surface area contributed by atoms with Crippen molar-refractivity contribution < 1.29 is 19.5 Å². The van der Waals surface area contributed by atoms with Gasteiger partial charge in [-0.25, -0.2) is 4.79 Å². The van der Waals surface area contributed by atoms with Gasteiger partial charge in [-0.3, -0.25) is 9.59 Å². The molecule has 2 amide bonds. The van der Waals surface area contributed by atoms with E-state index in [1.54, 1.807) is 40.1 Å². The Hall–Kier alpha value is -2.37. The molecule has 0 saturated carbocycles. The Balaban J connectivity index is 2.84. The summed E-state index contributed by atoms with van der Waals surface area (Å²) in [6, 6.07) is 5.15. The molecule has 114 valence electrons. The van der Waals surface area contributed by atoms with Gasteiger partial charge < -0.3 is 15.3 Å². The van der Waals surface area contributed by atoms with E-state index in [1.807, 2.05) is 0 Å². The molecule has 6 nitrogen and oxygen atoms in total. The molecular formula is C15H20N2O4. The van der Waals surface area contributed by atoms with Gasteiger partial charge in [0.15, 0.2) is 0 Å². The van der Waals surface area contributed by atoms with Gasteiger partial charge in [0.05, 0.1) is 0 Å². The van der Waals surface area contributed by atoms with Crippen molar-refractivity contribution in [3.63, 3.8) is 0 Å². The third-order valence-electron chi connectivity index (χ3n) is 3.02. The number of amides is 2. The van der Waals surface area contributed by atoms with E-state index in [0.29, 0.717) is 11.1 Å². The first kappa shape index (κ1) is 16.7. The topological polar surface area (TPSA) is 86.7 Å². The van der Waals surface area contributed by atoms with Gasteiger partial charge >= 0.3 is 5.97 Å². The van der Waals surface area contributed by atoms with Crippen molar-refractivity contribution in [2.45, 2.75) is 19.9 Å². The molecule has 6 heteroatoms. The molecule has 0 aliphatic heterocycles. The number of carboxylic acid groups (broad SMARTS) is 1. The minimum atomic E-state index is -1.07. The first-order valence-electron chi connectivity index (χ1n) is 6.59. The van der Waals surface area contributed by atoms with E-state index in [0.717, 1.165) is 0 Å². The lowest BCUT2D eigenvalue weighted by Gasteiger charge is -2.18. The monoisotopic (exact) mass is 292 g/mol. The second kappa shape index (κ2) is 6.88. The minimum absolute atomic E-state index is 0.160. The average molecular weight is 292 g/mol. The average Bonchev–Trinajstić information content (AvgIpc) is 2.42. The van der Waals surface area contributed by atoms with Crippen molar-refractivity contribution in [3.05, 3.63) is 35.4 Å². The molecule has 0 heterocycles. The van der Waals surface area contributed by atoms with Gasteiger partial charge in [0, 0.05) is 25.2 Å². The van der Waals surface area contributed by atoms with E-state index in [9.17, 15) is 14.4 Å². The Morgan fingerprint density at radius 2 is 1.52 bits per heavy atom. The van der Waals surface area contributed by atoms with Crippen molar-refractivity contribution in [3.8, 4) is 0 Å². The molecule has 2 N–H and O–H groups in total. The molecule has 0 fully saturated rings. The van der Waals surface area contributed by atoms with Gasteiger partial charge in [-0.05, 0) is 30.2 Å². The van der Waals surface area contributed by atoms with E-state index in [2.05, 4.69) is 5.32 Å². The highest BCUT2D eigenvalue weighted by Gasteiger charge is 2.24. The number of nitrogens with zero attached hydrogens (tertiary/aromatic N) is 1. The van der Waals surface area contributed by atoms with Crippen LogP contribution in [0.15, 0.2) is 24.3 Å². The number of hydrogen-bond acceptors (Lipinski definition) is 3. The first-order valence-corrected chi connectivity index (χ1v) is 6.59. The van der Waals surface area contributed by atoms with E-state index in [-0.39, 0.29) is 11.8 Å². The van der Waals surface area contributed by atoms with Gasteiger partial charge in [-0.2, -0.15) is 0 Å². The highest BCUT2D eigenvalue weighted by atomic mass is 16.4. The fourth-order valence-corrected chi connectivity index (χ4v) is 1.76. The van der Waals surface area contributed by atoms with Crippen LogP contribution in [0.25, 0.3) is 0 Å². The molecule has 0 aliphatic rings. The summed E-state index contributed by atoms with van der Waals surface area (Å²) in [5, 5.41) is 11.5. The number of hydrogen-bond donors (Lipinski definition) is 2. The fraction of sp³-hybridized carbons (Fsp3) is 0.400. The van der Waals surface area contributed by atoms with Crippen molar-refractivity contribution in [2.24, 2.45) is 5.92 Å². The van der Waals surface area contributed by atoms with Crippen LogP contribution in [0.2, 0.25) is 0 Å². The standard InChI is InChI=1S/C15H20N2O4/c1-9(2)12(15(20)21)16-13(18)10-5-7-11(8-6-10)14(19)17(3)4/h5-9,12H,1-4H3,(H,16,18)(H,20,21)/t12-/m0/s1. The van der Waals surface area contributed by atoms with Crippen LogP contribution in [0, 0.1) is 5.92 Å². The largest absolute Gasteiger partial charge is 0.480 e. The van der Waals surface area contributed by atoms with Gasteiger partial charge in [0.1, 0.15) is 6.04 Å². The Morgan fingerprint density at radius 3 is 1.90 bits per heavy atom. The quantitative estimate of drug-likeness (QED) is 0.854. The number of rotatable bonds is 5. The molecule has 21 heavy (non-hydrogen) atoms. The highest BCUT2D eigenvalue weighted by Crippen LogP contribution is 2.08. The molecule has 0 aromatic heterocycles. The lowest BCUT2D eigenvalue weighted by Crippen LogP contribution is -2.44. The van der Waals surface area contributed by atoms with Crippen molar-refractivity contribution in [2.75, 3.05) is 14.1 Å². The maximum atomic E-state index is 12.0. The zero-order chi connectivity index (χ0) is 16.2. The van der Waals surface area contributed by atoms with Crippen LogP contribution in [0.1, 0.15) is 34.6 Å². The van der Waals surface area contributed by atoms with Gasteiger partial charge in [-0.15, -0.1) is 0 Å². The summed E-state index contributed by atoms with van der Waals surface area (Å²) in [6.45, 7) is 3.44. The van der Waals surface area contributed by atoms with Crippen LogP contribution in [0.5, 0.6) is 0 Å². The maximum Gasteiger partial charge on any atom is 0.326 e. The summed E-state index contributed by atoms with van der Waals surface area (Å²) in [7, 11) is 3.28. The van der Waals surface area contributed by atoms with Crippen LogP contribution >= 0.6 is 0 Å². The highest BCUT2D eigenvalue weighted by molar-refractivity contribution is 5.98. The molecule has 0 spiro atoms. The smallest absolute Gasteiger partial charge is 0.326 e. The Labute approximate surface area is 123 Å². The number of carbonyl (C=O) groups is 3. The van der Waals surface area contributed by atoms with E-state index >= 15 is 0 Å². The van der Waals surface area contributed by atoms with Crippen LogP contribution in [-0.4, -0.2) is 47.9 Å². The van der Waals surface area contributed by atoms with Gasteiger partial charge in [0.2, 0.25) is 0 Å². The third kappa shape index (κ3) is 4.30. The molecule has 1 rings (SSSR count). The number of aliphatic carboxylic acids is 1. The molecular weight excluding hydrogens is 272 g/mol. The zero-order valence-electron chi connectivity index (χ0n) is 12.6. The summed E-state index contributed by atoms with van der Waals surface area (Å²) in [6.07, 6.45) is 0. The molecule has 0 unspecified atom stereocenters. The lowest BCUT2D eigenvalue weighted by atomic mass is 10.0. The van der Waals surface area contributed by atoms with Crippen LogP contribution in [0.3, 0.4) is 0 Å². The van der Waals surface area contributed by atoms with E-state index in [4.69, 9.17) is 5.11 Å². The molecule has 0 aliphatic carbocycles. The molecule has 0 saturated heterocycles. The Bertz CT molecular complexity index is 535. The van der Waals surface area contributed by atoms with Gasteiger partial charge in [0.25, 0.3) is 11.8 Å². The normalized spacial score (nSPS) is 11.9. The van der Waals surface area contributed by atoms with E-state index < -0.39 is 17.9 Å². The maximum absolute atomic E-state index is 12.0. The second-order valence-corrected chi connectivity index (χ2v) is 5.31. The number of nitrogens with one attached hydrogen (secondary N) is 1. The lowest BCUT2D eigenvalue weighted by molar-refractivity contribution is -0.140. The molecule has 0 radical (unpaired) electrons.